The van der Waals surface area contributed by atoms with Crippen LogP contribution in [0.5, 0.6) is 17.2 Å². The van der Waals surface area contributed by atoms with Crippen molar-refractivity contribution in [2.45, 2.75) is 25.4 Å². The van der Waals surface area contributed by atoms with Crippen LogP contribution < -0.4 is 19.5 Å². The molecule has 1 N–H and O–H groups in total. The first-order valence-corrected chi connectivity index (χ1v) is 10.2. The number of benzene rings is 2. The molecule has 0 bridgehead atoms. The number of halogens is 1. The zero-order valence-electron chi connectivity index (χ0n) is 16.9. The van der Waals surface area contributed by atoms with Crippen LogP contribution in [0.25, 0.3) is 0 Å². The highest BCUT2D eigenvalue weighted by molar-refractivity contribution is 6.30. The van der Waals surface area contributed by atoms with E-state index in [-0.39, 0.29) is 11.8 Å². The summed E-state index contributed by atoms with van der Waals surface area (Å²) < 4.78 is 16.5. The summed E-state index contributed by atoms with van der Waals surface area (Å²) in [5.41, 5.74) is 1.61. The Kier molecular flexibility index (Phi) is 5.72. The van der Waals surface area contributed by atoms with Gasteiger partial charge in [-0.1, -0.05) is 11.6 Å². The smallest absolute Gasteiger partial charge is 0.265 e. The highest BCUT2D eigenvalue weighted by Gasteiger charge is 2.31. The molecule has 30 heavy (non-hydrogen) atoms. The number of likely N-dealkylation sites (tertiary alicyclic amines) is 1. The van der Waals surface area contributed by atoms with E-state index in [2.05, 4.69) is 5.32 Å². The van der Waals surface area contributed by atoms with Crippen molar-refractivity contribution in [2.75, 3.05) is 32.6 Å². The Morgan fingerprint density at radius 3 is 2.50 bits per heavy atom. The molecule has 7 nitrogen and oxygen atoms in total. The number of ether oxygens (including phenoxy) is 3. The normalized spacial score (nSPS) is 17.3. The van der Waals surface area contributed by atoms with Crippen molar-refractivity contribution in [1.82, 2.24) is 4.90 Å². The minimum atomic E-state index is -0.707. The molecule has 8 heteroatoms. The van der Waals surface area contributed by atoms with E-state index >= 15 is 0 Å². The highest BCUT2D eigenvalue weighted by Crippen LogP contribution is 2.36. The Hall–Kier alpha value is -2.93. The van der Waals surface area contributed by atoms with Gasteiger partial charge in [-0.2, -0.15) is 0 Å². The SMILES string of the molecule is COc1cc(NC(=O)C2Cc3cc(Cl)ccc3O2)c(C(=O)N2CCCC2)cc1OC. The van der Waals surface area contributed by atoms with Gasteiger partial charge in [-0.3, -0.25) is 9.59 Å². The molecular weight excluding hydrogens is 408 g/mol. The van der Waals surface area contributed by atoms with Crippen LogP contribution in [0.2, 0.25) is 5.02 Å². The summed E-state index contributed by atoms with van der Waals surface area (Å²) in [6, 6.07) is 8.49. The van der Waals surface area contributed by atoms with Gasteiger partial charge in [0.2, 0.25) is 0 Å². The first-order chi connectivity index (χ1) is 14.5. The molecule has 2 aromatic carbocycles. The Labute approximate surface area is 179 Å². The molecule has 0 saturated carbocycles. The third-order valence-electron chi connectivity index (χ3n) is 5.39. The predicted octanol–water partition coefficient (Wildman–Crippen LogP) is 3.54. The summed E-state index contributed by atoms with van der Waals surface area (Å²) in [4.78, 5) is 27.8. The Morgan fingerprint density at radius 1 is 1.10 bits per heavy atom. The van der Waals surface area contributed by atoms with Gasteiger partial charge in [0, 0.05) is 30.6 Å². The lowest BCUT2D eigenvalue weighted by Gasteiger charge is -2.20. The van der Waals surface area contributed by atoms with Gasteiger partial charge in [0.1, 0.15) is 5.75 Å². The zero-order chi connectivity index (χ0) is 21.3. The van der Waals surface area contributed by atoms with E-state index in [1.807, 2.05) is 0 Å². The van der Waals surface area contributed by atoms with Gasteiger partial charge in [0.15, 0.2) is 17.6 Å². The number of carbonyl (C=O) groups is 2. The molecule has 2 aromatic rings. The maximum absolute atomic E-state index is 13.1. The second-order valence-electron chi connectivity index (χ2n) is 7.30. The third kappa shape index (κ3) is 3.89. The molecule has 1 fully saturated rings. The number of anilines is 1. The van der Waals surface area contributed by atoms with Crippen molar-refractivity contribution in [3.63, 3.8) is 0 Å². The first-order valence-electron chi connectivity index (χ1n) is 9.81. The topological polar surface area (TPSA) is 77.1 Å². The molecule has 0 aliphatic carbocycles. The summed E-state index contributed by atoms with van der Waals surface area (Å²) in [6.07, 6.45) is 1.64. The van der Waals surface area contributed by atoms with Crippen LogP contribution >= 0.6 is 11.6 Å². The van der Waals surface area contributed by atoms with Crippen molar-refractivity contribution in [3.8, 4) is 17.2 Å². The Bertz CT molecular complexity index is 988. The lowest BCUT2D eigenvalue weighted by Crippen LogP contribution is -2.33. The molecule has 2 aliphatic rings. The molecule has 0 aromatic heterocycles. The van der Waals surface area contributed by atoms with Gasteiger partial charge in [0.05, 0.1) is 25.5 Å². The van der Waals surface area contributed by atoms with E-state index in [0.29, 0.717) is 53.0 Å². The molecule has 4 rings (SSSR count). The monoisotopic (exact) mass is 430 g/mol. The summed E-state index contributed by atoms with van der Waals surface area (Å²) in [5.74, 6) is 1.00. The van der Waals surface area contributed by atoms with E-state index < -0.39 is 6.10 Å². The average Bonchev–Trinajstić information content (AvgIpc) is 3.42. The first kappa shape index (κ1) is 20.3. The Balaban J connectivity index is 1.60. The fourth-order valence-corrected chi connectivity index (χ4v) is 4.02. The summed E-state index contributed by atoms with van der Waals surface area (Å²) in [7, 11) is 3.01. The van der Waals surface area contributed by atoms with E-state index in [0.717, 1.165) is 18.4 Å². The van der Waals surface area contributed by atoms with Gasteiger partial charge in [-0.05, 0) is 42.7 Å². The Morgan fingerprint density at radius 2 is 1.80 bits per heavy atom. The van der Waals surface area contributed by atoms with Crippen LogP contribution in [0.1, 0.15) is 28.8 Å². The van der Waals surface area contributed by atoms with Crippen molar-refractivity contribution >= 4 is 29.1 Å². The van der Waals surface area contributed by atoms with Gasteiger partial charge >= 0.3 is 0 Å². The molecule has 1 atom stereocenters. The molecule has 2 aliphatic heterocycles. The molecule has 1 unspecified atom stereocenters. The van der Waals surface area contributed by atoms with Crippen LogP contribution in [-0.2, 0) is 11.2 Å². The minimum absolute atomic E-state index is 0.147. The van der Waals surface area contributed by atoms with Crippen LogP contribution in [0, 0.1) is 0 Å². The predicted molar refractivity (Wildman–Crippen MR) is 113 cm³/mol. The average molecular weight is 431 g/mol. The quantitative estimate of drug-likeness (QED) is 0.785. The molecule has 2 heterocycles. The standard InChI is InChI=1S/C22H23ClN2O5/c1-28-18-11-15(22(27)25-7-3-4-8-25)16(12-19(18)29-2)24-21(26)20-10-13-9-14(23)5-6-17(13)30-20/h5-6,9,11-12,20H,3-4,7-8,10H2,1-2H3,(H,24,26). The number of fused-ring (bicyclic) bond motifs is 1. The lowest BCUT2D eigenvalue weighted by molar-refractivity contribution is -0.122. The number of rotatable bonds is 5. The zero-order valence-corrected chi connectivity index (χ0v) is 17.6. The van der Waals surface area contributed by atoms with Crippen LogP contribution in [-0.4, -0.2) is 50.1 Å². The van der Waals surface area contributed by atoms with E-state index in [1.54, 1.807) is 35.2 Å². The summed E-state index contributed by atoms with van der Waals surface area (Å²) in [5, 5.41) is 3.45. The maximum atomic E-state index is 13.1. The lowest BCUT2D eigenvalue weighted by atomic mass is 10.1. The van der Waals surface area contributed by atoms with E-state index in [4.69, 9.17) is 25.8 Å². The van der Waals surface area contributed by atoms with Crippen molar-refractivity contribution in [3.05, 3.63) is 46.5 Å². The molecule has 158 valence electrons. The highest BCUT2D eigenvalue weighted by atomic mass is 35.5. The number of nitrogens with one attached hydrogen (secondary N) is 1. The number of methoxy groups -OCH3 is 2. The minimum Gasteiger partial charge on any atom is -0.493 e. The molecule has 2 amide bonds. The number of nitrogens with zero attached hydrogens (tertiary/aromatic N) is 1. The van der Waals surface area contributed by atoms with E-state index in [1.165, 1.54) is 14.2 Å². The number of hydrogen-bond acceptors (Lipinski definition) is 5. The number of hydrogen-bond donors (Lipinski definition) is 1. The van der Waals surface area contributed by atoms with Gasteiger partial charge in [0.25, 0.3) is 11.8 Å². The van der Waals surface area contributed by atoms with Crippen LogP contribution in [0.15, 0.2) is 30.3 Å². The fourth-order valence-electron chi connectivity index (χ4n) is 3.83. The third-order valence-corrected chi connectivity index (χ3v) is 5.63. The van der Waals surface area contributed by atoms with Gasteiger partial charge < -0.3 is 24.4 Å². The number of amides is 2. The van der Waals surface area contributed by atoms with Crippen molar-refractivity contribution in [2.24, 2.45) is 0 Å². The molecular formula is C22H23ClN2O5. The van der Waals surface area contributed by atoms with Crippen LogP contribution in [0.3, 0.4) is 0 Å². The largest absolute Gasteiger partial charge is 0.493 e. The maximum Gasteiger partial charge on any atom is 0.265 e. The van der Waals surface area contributed by atoms with Crippen molar-refractivity contribution < 1.29 is 23.8 Å². The second kappa shape index (κ2) is 8.44. The summed E-state index contributed by atoms with van der Waals surface area (Å²) in [6.45, 7) is 1.39. The van der Waals surface area contributed by atoms with Gasteiger partial charge in [-0.25, -0.2) is 0 Å². The molecule has 0 radical (unpaired) electrons. The summed E-state index contributed by atoms with van der Waals surface area (Å²) >= 11 is 6.04. The van der Waals surface area contributed by atoms with Gasteiger partial charge in [-0.15, -0.1) is 0 Å². The number of carbonyl (C=O) groups excluding carboxylic acids is 2. The molecule has 0 spiro atoms. The fraction of sp³-hybridized carbons (Fsp3) is 0.364. The van der Waals surface area contributed by atoms with Crippen molar-refractivity contribution in [1.29, 1.82) is 0 Å². The molecule has 1 saturated heterocycles. The van der Waals surface area contributed by atoms with Crippen LogP contribution in [0.4, 0.5) is 5.69 Å². The van der Waals surface area contributed by atoms with E-state index in [9.17, 15) is 9.59 Å². The second-order valence-corrected chi connectivity index (χ2v) is 7.74.